The van der Waals surface area contributed by atoms with Crippen LogP contribution in [0.5, 0.6) is 0 Å². The minimum Gasteiger partial charge on any atom is -0.395 e. The molecule has 0 spiro atoms. The number of alkyl halides is 1. The number of carbonyl (C=O) groups is 2. The summed E-state index contributed by atoms with van der Waals surface area (Å²) in [6.07, 6.45) is 0.336. The van der Waals surface area contributed by atoms with Gasteiger partial charge in [-0.05, 0) is 29.2 Å². The van der Waals surface area contributed by atoms with Crippen molar-refractivity contribution in [2.45, 2.75) is 18.1 Å². The zero-order chi connectivity index (χ0) is 24.1. The number of rotatable bonds is 6. The van der Waals surface area contributed by atoms with E-state index in [2.05, 4.69) is 52.9 Å². The number of hydrogen-bond donors (Lipinski definition) is 4. The summed E-state index contributed by atoms with van der Waals surface area (Å²) < 4.78 is 28.3. The molecule has 172 valence electrons. The molecule has 31 heavy (non-hydrogen) atoms. The smallest absolute Gasteiger partial charge is 0.268 e. The zero-order valence-electron chi connectivity index (χ0n) is 17.4. The molecule has 1 aliphatic rings. The fourth-order valence-electron chi connectivity index (χ4n) is 2.74. The summed E-state index contributed by atoms with van der Waals surface area (Å²) in [5.41, 5.74) is 0.837. The number of benzene rings is 1. The van der Waals surface area contributed by atoms with Crippen LogP contribution < -0.4 is 10.8 Å². The Morgan fingerprint density at radius 2 is 1.81 bits per heavy atom. The van der Waals surface area contributed by atoms with Crippen molar-refractivity contribution < 1.29 is 33.1 Å². The fourth-order valence-corrected chi connectivity index (χ4v) is 4.72. The average Bonchev–Trinajstić information content (AvgIpc) is 2.78. The van der Waals surface area contributed by atoms with Gasteiger partial charge in [0.25, 0.3) is 11.8 Å². The lowest BCUT2D eigenvalue weighted by atomic mass is 9.95. The molecule has 1 aliphatic heterocycles. The molecule has 1 atom stereocenters. The fraction of sp³-hybridized carbons (Fsp3) is 0.400. The van der Waals surface area contributed by atoms with Crippen LogP contribution in [-0.2, 0) is 19.4 Å². The molecule has 0 bridgehead atoms. The number of halogens is 1. The Balaban J connectivity index is 0.00000212. The van der Waals surface area contributed by atoms with Crippen molar-refractivity contribution in [1.82, 2.24) is 10.8 Å². The average molecular weight is 566 g/mol. The van der Waals surface area contributed by atoms with Crippen LogP contribution in [0.3, 0.4) is 0 Å². The Morgan fingerprint density at radius 3 is 2.23 bits per heavy atom. The van der Waals surface area contributed by atoms with Gasteiger partial charge in [-0.1, -0.05) is 34.4 Å². The molecule has 9 nitrogen and oxygen atoms in total. The molecule has 0 radical (unpaired) electrons. The van der Waals surface area contributed by atoms with Crippen LogP contribution in [0.25, 0.3) is 0 Å². The molecule has 1 saturated heterocycles. The van der Waals surface area contributed by atoms with Crippen molar-refractivity contribution in [2.24, 2.45) is 0 Å². The van der Waals surface area contributed by atoms with Gasteiger partial charge in [0.1, 0.15) is 11.6 Å². The summed E-state index contributed by atoms with van der Waals surface area (Å²) in [5, 5.41) is 20.1. The van der Waals surface area contributed by atoms with E-state index in [0.717, 1.165) is 0 Å². The highest BCUT2D eigenvalue weighted by molar-refractivity contribution is 14.1. The summed E-state index contributed by atoms with van der Waals surface area (Å²) in [4.78, 5) is 26.4. The summed E-state index contributed by atoms with van der Waals surface area (Å²) in [6, 6.07) is 4.78. The van der Waals surface area contributed by atoms with Gasteiger partial charge in [-0.2, -0.15) is 0 Å². The zero-order valence-corrected chi connectivity index (χ0v) is 20.3. The molecule has 11 heteroatoms. The quantitative estimate of drug-likeness (QED) is 0.0992. The molecule has 4 N–H and O–H groups in total. The van der Waals surface area contributed by atoms with Crippen molar-refractivity contribution in [3.05, 3.63) is 48.6 Å². The van der Waals surface area contributed by atoms with Gasteiger partial charge in [-0.25, -0.2) is 13.9 Å². The van der Waals surface area contributed by atoms with Gasteiger partial charge >= 0.3 is 0 Å². The van der Waals surface area contributed by atoms with Crippen LogP contribution in [0.15, 0.2) is 37.4 Å². The maximum Gasteiger partial charge on any atom is 0.268 e. The summed E-state index contributed by atoms with van der Waals surface area (Å²) >= 11 is 2.15. The number of ether oxygens (including phenoxy) is 1. The first kappa shape index (κ1) is 29.0. The minimum atomic E-state index is -3.38. The topological polar surface area (TPSA) is 142 Å². The van der Waals surface area contributed by atoms with Gasteiger partial charge < -0.3 is 15.2 Å². The second-order valence-corrected chi connectivity index (χ2v) is 8.10. The third kappa shape index (κ3) is 8.23. The number of aliphatic hydroxyl groups excluding tert-OH is 1. The van der Waals surface area contributed by atoms with Crippen LogP contribution >= 0.6 is 22.6 Å². The predicted octanol–water partition coefficient (Wildman–Crippen LogP) is 0.691. The van der Waals surface area contributed by atoms with Crippen molar-refractivity contribution in [2.75, 3.05) is 30.2 Å². The molecule has 0 aromatic heterocycles. The third-order valence-corrected chi connectivity index (χ3v) is 5.98. The molecule has 1 heterocycles. The van der Waals surface area contributed by atoms with E-state index in [-0.39, 0.29) is 12.2 Å². The first-order valence-corrected chi connectivity index (χ1v) is 12.8. The molecular formula is C20H27IN2O7S. The van der Waals surface area contributed by atoms with Gasteiger partial charge in [-0.15, -0.1) is 13.2 Å². The molecule has 1 fully saturated rings. The van der Waals surface area contributed by atoms with Gasteiger partial charge in [0.05, 0.1) is 18.1 Å². The Labute approximate surface area is 196 Å². The predicted molar refractivity (Wildman–Crippen MR) is 126 cm³/mol. The number of carbonyl (C=O) groups excluding carboxylic acids is 2. The summed E-state index contributed by atoms with van der Waals surface area (Å²) in [5.74, 6) is 3.05. The molecule has 1 aromatic carbocycles. The molecular weight excluding hydrogens is 539 g/mol. The maximum atomic E-state index is 12.5. The number of methoxy groups -OCH3 is 1. The van der Waals surface area contributed by atoms with E-state index in [9.17, 15) is 18.0 Å². The summed E-state index contributed by atoms with van der Waals surface area (Å²) in [6.45, 7) is 5.96. The Bertz CT molecular complexity index is 880. The van der Waals surface area contributed by atoms with E-state index in [1.807, 2.05) is 4.93 Å². The monoisotopic (exact) mass is 566 g/mol. The molecule has 0 aliphatic carbocycles. The van der Waals surface area contributed by atoms with E-state index in [1.165, 1.54) is 24.7 Å². The van der Waals surface area contributed by atoms with Crippen molar-refractivity contribution in [1.29, 1.82) is 0 Å². The van der Waals surface area contributed by atoms with Gasteiger partial charge in [0.2, 0.25) is 0 Å². The SMILES string of the molecule is C=C.CI.COC1([C@@H](NC(=O)c2ccc(C#CCCO)cc2)C(=O)NO)CS(=O)(=O)C1. The highest BCUT2D eigenvalue weighted by Gasteiger charge is 2.57. The van der Waals surface area contributed by atoms with Crippen molar-refractivity contribution >= 4 is 44.2 Å². The largest absolute Gasteiger partial charge is 0.395 e. The van der Waals surface area contributed by atoms with Crippen molar-refractivity contribution in [3.63, 3.8) is 0 Å². The Hall–Kier alpha value is -1.98. The molecule has 0 saturated carbocycles. The molecule has 2 rings (SSSR count). The first-order chi connectivity index (χ1) is 14.8. The normalized spacial score (nSPS) is 15.6. The maximum absolute atomic E-state index is 12.5. The van der Waals surface area contributed by atoms with Gasteiger partial charge in [-0.3, -0.25) is 14.8 Å². The van der Waals surface area contributed by atoms with Gasteiger partial charge in [0.15, 0.2) is 9.84 Å². The summed E-state index contributed by atoms with van der Waals surface area (Å²) in [7, 11) is -2.14. The van der Waals surface area contributed by atoms with Crippen LogP contribution in [-0.4, -0.2) is 72.3 Å². The first-order valence-electron chi connectivity index (χ1n) is 8.85. The standard InChI is InChI=1S/C17H20N2O7S.C2H4.CH3I/c1-26-17(10-27(24,25)11-17)14(16(22)19-23)18-15(21)13-7-5-12(6-8-13)4-2-3-9-20;2*1-2/h5-8,14,20,23H,3,9-11H2,1H3,(H,18,21)(H,19,22);1-2H2;1H3/t14-;;/m0../s1. The highest BCUT2D eigenvalue weighted by atomic mass is 127. The van der Waals surface area contributed by atoms with Gasteiger partial charge in [0, 0.05) is 24.7 Å². The third-order valence-electron chi connectivity index (χ3n) is 4.13. The van der Waals surface area contributed by atoms with E-state index in [0.29, 0.717) is 12.0 Å². The number of hydroxylamine groups is 1. The lowest BCUT2D eigenvalue weighted by molar-refractivity contribution is -0.138. The van der Waals surface area contributed by atoms with Crippen LogP contribution in [0.2, 0.25) is 0 Å². The number of nitrogens with one attached hydrogen (secondary N) is 2. The molecule has 2 amide bonds. The van der Waals surface area contributed by atoms with Crippen LogP contribution in [0.1, 0.15) is 22.3 Å². The van der Waals surface area contributed by atoms with Crippen molar-refractivity contribution in [3.8, 4) is 11.8 Å². The minimum absolute atomic E-state index is 0.0429. The molecule has 1 aromatic rings. The number of hydrogen-bond acceptors (Lipinski definition) is 7. The Morgan fingerprint density at radius 1 is 1.26 bits per heavy atom. The Kier molecular flexibility index (Phi) is 13.2. The number of aliphatic hydroxyl groups is 1. The van der Waals surface area contributed by atoms with Crippen LogP contribution in [0.4, 0.5) is 0 Å². The number of amides is 2. The highest BCUT2D eigenvalue weighted by Crippen LogP contribution is 2.31. The van der Waals surface area contributed by atoms with E-state index in [4.69, 9.17) is 15.1 Å². The molecule has 0 unspecified atom stereocenters. The van der Waals surface area contributed by atoms with E-state index < -0.39 is 44.8 Å². The van der Waals surface area contributed by atoms with Crippen LogP contribution in [0, 0.1) is 11.8 Å². The lowest BCUT2D eigenvalue weighted by Crippen LogP contribution is -2.71. The second kappa shape index (κ2) is 14.2. The number of sulfone groups is 1. The van der Waals surface area contributed by atoms with E-state index >= 15 is 0 Å². The van der Waals surface area contributed by atoms with E-state index in [1.54, 1.807) is 12.1 Å². The lowest BCUT2D eigenvalue weighted by Gasteiger charge is -2.44. The second-order valence-electron chi connectivity index (χ2n) is 6.04.